The van der Waals surface area contributed by atoms with Gasteiger partial charge in [0.1, 0.15) is 17.2 Å². The van der Waals surface area contributed by atoms with Crippen molar-refractivity contribution in [2.45, 2.75) is 32.8 Å². The van der Waals surface area contributed by atoms with Gasteiger partial charge in [0.25, 0.3) is 0 Å². The van der Waals surface area contributed by atoms with Crippen molar-refractivity contribution in [1.29, 1.82) is 0 Å². The van der Waals surface area contributed by atoms with E-state index >= 15 is 0 Å². The molecule has 27 heavy (non-hydrogen) atoms. The third-order valence-corrected chi connectivity index (χ3v) is 3.62. The first kappa shape index (κ1) is 20.7. The first-order chi connectivity index (χ1) is 12.8. The predicted molar refractivity (Wildman–Crippen MR) is 102 cm³/mol. The average Bonchev–Trinajstić information content (AvgIpc) is 2.59. The number of halogens is 1. The summed E-state index contributed by atoms with van der Waals surface area (Å²) in [7, 11) is 1.53. The van der Waals surface area contributed by atoms with E-state index in [2.05, 4.69) is 5.32 Å². The molecular weight excluding hydrogens is 349 g/mol. The zero-order valence-electron chi connectivity index (χ0n) is 16.2. The van der Waals surface area contributed by atoms with E-state index < -0.39 is 11.7 Å². The van der Waals surface area contributed by atoms with Crippen LogP contribution >= 0.6 is 0 Å². The highest BCUT2D eigenvalue weighted by atomic mass is 19.1. The molecule has 0 unspecified atom stereocenters. The molecule has 2 aromatic rings. The van der Waals surface area contributed by atoms with Crippen molar-refractivity contribution in [3.8, 4) is 16.9 Å². The van der Waals surface area contributed by atoms with Crippen LogP contribution in [0.4, 0.5) is 9.18 Å². The Morgan fingerprint density at radius 3 is 2.52 bits per heavy atom. The van der Waals surface area contributed by atoms with E-state index in [1.807, 2.05) is 32.9 Å². The van der Waals surface area contributed by atoms with Gasteiger partial charge in [-0.15, -0.1) is 0 Å². The van der Waals surface area contributed by atoms with Gasteiger partial charge in [0.2, 0.25) is 0 Å². The lowest BCUT2D eigenvalue weighted by Gasteiger charge is -2.19. The number of nitrogens with one attached hydrogen (secondary N) is 1. The Labute approximate surface area is 159 Å². The van der Waals surface area contributed by atoms with Crippen LogP contribution in [0.2, 0.25) is 0 Å². The van der Waals surface area contributed by atoms with Gasteiger partial charge in [-0.3, -0.25) is 0 Å². The third-order valence-electron chi connectivity index (χ3n) is 3.62. The Balaban J connectivity index is 2.13. The standard InChI is InChI=1S/C21H26FNO4/c1-21(2,3)27-20(24)23-12-11-15-9-10-19(26-14-25-4)17(13-15)16-7-5-6-8-18(16)22/h5-10,13H,11-12,14H2,1-4H3,(H,23,24). The minimum atomic E-state index is -0.539. The van der Waals surface area contributed by atoms with Crippen LogP contribution in [-0.2, 0) is 15.9 Å². The van der Waals surface area contributed by atoms with Crippen LogP contribution in [-0.4, -0.2) is 32.1 Å². The van der Waals surface area contributed by atoms with Crippen LogP contribution in [0.25, 0.3) is 11.1 Å². The van der Waals surface area contributed by atoms with Gasteiger partial charge in [-0.05, 0) is 51.0 Å². The SMILES string of the molecule is COCOc1ccc(CCNC(=O)OC(C)(C)C)cc1-c1ccccc1F. The molecule has 0 saturated heterocycles. The molecule has 0 bridgehead atoms. The number of benzene rings is 2. The zero-order chi connectivity index (χ0) is 19.9. The van der Waals surface area contributed by atoms with E-state index in [0.29, 0.717) is 29.8 Å². The highest BCUT2D eigenvalue weighted by Crippen LogP contribution is 2.33. The molecule has 0 aliphatic carbocycles. The second-order valence-corrected chi connectivity index (χ2v) is 7.04. The fraction of sp³-hybridized carbons (Fsp3) is 0.381. The number of carbonyl (C=O) groups excluding carboxylic acids is 1. The average molecular weight is 375 g/mol. The number of hydrogen-bond acceptors (Lipinski definition) is 4. The number of hydrogen-bond donors (Lipinski definition) is 1. The molecule has 6 heteroatoms. The van der Waals surface area contributed by atoms with Crippen LogP contribution in [0.3, 0.4) is 0 Å². The fourth-order valence-electron chi connectivity index (χ4n) is 2.49. The van der Waals surface area contributed by atoms with Crippen molar-refractivity contribution in [2.75, 3.05) is 20.4 Å². The minimum absolute atomic E-state index is 0.0704. The van der Waals surface area contributed by atoms with Gasteiger partial charge >= 0.3 is 6.09 Å². The molecule has 2 aromatic carbocycles. The lowest BCUT2D eigenvalue weighted by molar-refractivity contribution is 0.0513. The summed E-state index contributed by atoms with van der Waals surface area (Å²) < 4.78 is 30.0. The van der Waals surface area contributed by atoms with Crippen molar-refractivity contribution >= 4 is 6.09 Å². The molecule has 0 aliphatic rings. The summed E-state index contributed by atoms with van der Waals surface area (Å²) in [4.78, 5) is 11.7. The molecule has 0 fully saturated rings. The zero-order valence-corrected chi connectivity index (χ0v) is 16.2. The quantitative estimate of drug-likeness (QED) is 0.722. The Morgan fingerprint density at radius 1 is 1.11 bits per heavy atom. The highest BCUT2D eigenvalue weighted by molar-refractivity contribution is 5.72. The van der Waals surface area contributed by atoms with Gasteiger partial charge in [0.15, 0.2) is 6.79 Å². The summed E-state index contributed by atoms with van der Waals surface area (Å²) in [6.07, 6.45) is 0.113. The molecule has 0 saturated carbocycles. The second-order valence-electron chi connectivity index (χ2n) is 7.04. The third kappa shape index (κ3) is 6.57. The van der Waals surface area contributed by atoms with Crippen molar-refractivity contribution in [1.82, 2.24) is 5.32 Å². The maximum atomic E-state index is 14.3. The largest absolute Gasteiger partial charge is 0.467 e. The lowest BCUT2D eigenvalue weighted by Crippen LogP contribution is -2.33. The summed E-state index contributed by atoms with van der Waals surface area (Å²) >= 11 is 0. The number of methoxy groups -OCH3 is 1. The summed E-state index contributed by atoms with van der Waals surface area (Å²) in [5.74, 6) is 0.203. The van der Waals surface area contributed by atoms with Gasteiger partial charge < -0.3 is 19.5 Å². The van der Waals surface area contributed by atoms with Crippen LogP contribution < -0.4 is 10.1 Å². The van der Waals surface area contributed by atoms with Gasteiger partial charge in [0, 0.05) is 24.8 Å². The smallest absolute Gasteiger partial charge is 0.407 e. The molecule has 0 atom stereocenters. The highest BCUT2D eigenvalue weighted by Gasteiger charge is 2.16. The topological polar surface area (TPSA) is 56.8 Å². The number of alkyl carbamates (subject to hydrolysis) is 1. The Morgan fingerprint density at radius 2 is 1.85 bits per heavy atom. The summed E-state index contributed by atoms with van der Waals surface area (Å²) in [6, 6.07) is 12.0. The minimum Gasteiger partial charge on any atom is -0.467 e. The molecule has 5 nitrogen and oxygen atoms in total. The summed E-state index contributed by atoms with van der Waals surface area (Å²) in [6.45, 7) is 5.91. The molecule has 0 heterocycles. The van der Waals surface area contributed by atoms with Crippen LogP contribution in [0.1, 0.15) is 26.3 Å². The maximum absolute atomic E-state index is 14.3. The first-order valence-electron chi connectivity index (χ1n) is 8.76. The first-order valence-corrected chi connectivity index (χ1v) is 8.76. The molecule has 1 N–H and O–H groups in total. The Hall–Kier alpha value is -2.60. The van der Waals surface area contributed by atoms with Crippen LogP contribution in [0, 0.1) is 5.82 Å². The second kappa shape index (κ2) is 9.37. The van der Waals surface area contributed by atoms with E-state index in [-0.39, 0.29) is 12.6 Å². The molecule has 146 valence electrons. The molecule has 0 spiro atoms. The molecule has 2 rings (SSSR count). The number of amides is 1. The molecule has 0 radical (unpaired) electrons. The molecular formula is C21H26FNO4. The van der Waals surface area contributed by atoms with Crippen molar-refractivity contribution < 1.29 is 23.4 Å². The fourth-order valence-corrected chi connectivity index (χ4v) is 2.49. The van der Waals surface area contributed by atoms with Crippen LogP contribution in [0.5, 0.6) is 5.75 Å². The van der Waals surface area contributed by atoms with Gasteiger partial charge in [-0.25, -0.2) is 9.18 Å². The summed E-state index contributed by atoms with van der Waals surface area (Å²) in [5.41, 5.74) is 1.49. The normalized spacial score (nSPS) is 11.1. The Bertz CT molecular complexity index is 771. The number of carbonyl (C=O) groups is 1. The molecule has 0 aliphatic heterocycles. The predicted octanol–water partition coefficient (Wildman–Crippen LogP) is 4.54. The van der Waals surface area contributed by atoms with E-state index in [0.717, 1.165) is 5.56 Å². The monoisotopic (exact) mass is 375 g/mol. The maximum Gasteiger partial charge on any atom is 0.407 e. The number of ether oxygens (including phenoxy) is 3. The summed E-state index contributed by atoms with van der Waals surface area (Å²) in [5, 5.41) is 2.72. The molecule has 0 aromatic heterocycles. The van der Waals surface area contributed by atoms with E-state index in [4.69, 9.17) is 14.2 Å². The van der Waals surface area contributed by atoms with E-state index in [9.17, 15) is 9.18 Å². The van der Waals surface area contributed by atoms with E-state index in [1.165, 1.54) is 13.2 Å². The van der Waals surface area contributed by atoms with Crippen molar-refractivity contribution in [2.24, 2.45) is 0 Å². The lowest BCUT2D eigenvalue weighted by atomic mass is 10.00. The molecule has 1 amide bonds. The van der Waals surface area contributed by atoms with Gasteiger partial charge in [-0.2, -0.15) is 0 Å². The van der Waals surface area contributed by atoms with E-state index in [1.54, 1.807) is 24.3 Å². The van der Waals surface area contributed by atoms with Crippen LogP contribution in [0.15, 0.2) is 42.5 Å². The van der Waals surface area contributed by atoms with Crippen molar-refractivity contribution in [3.63, 3.8) is 0 Å². The number of rotatable bonds is 7. The Kier molecular flexibility index (Phi) is 7.19. The van der Waals surface area contributed by atoms with Gasteiger partial charge in [0.05, 0.1) is 0 Å². The van der Waals surface area contributed by atoms with Crippen molar-refractivity contribution in [3.05, 3.63) is 53.8 Å². The van der Waals surface area contributed by atoms with Gasteiger partial charge in [-0.1, -0.05) is 24.3 Å².